The van der Waals surface area contributed by atoms with Crippen LogP contribution in [0.1, 0.15) is 12.7 Å². The second-order valence-electron chi connectivity index (χ2n) is 2.82. The summed E-state index contributed by atoms with van der Waals surface area (Å²) in [5.41, 5.74) is 0. The van der Waals surface area contributed by atoms with Gasteiger partial charge in [0.2, 0.25) is 0 Å². The van der Waals surface area contributed by atoms with E-state index in [9.17, 15) is 8.42 Å². The summed E-state index contributed by atoms with van der Waals surface area (Å²) in [6, 6.07) is 0. The van der Waals surface area contributed by atoms with E-state index in [1.54, 1.807) is 6.92 Å². The molecule has 0 aliphatic carbocycles. The van der Waals surface area contributed by atoms with Crippen LogP contribution in [-0.2, 0) is 20.3 Å². The van der Waals surface area contributed by atoms with E-state index in [2.05, 4.69) is 10.2 Å². The Hall–Kier alpha value is -0.660. The van der Waals surface area contributed by atoms with Crippen molar-refractivity contribution in [1.82, 2.24) is 14.8 Å². The van der Waals surface area contributed by atoms with E-state index in [1.165, 1.54) is 4.57 Å². The van der Waals surface area contributed by atoms with Crippen molar-refractivity contribution in [2.24, 2.45) is 0 Å². The quantitative estimate of drug-likeness (QED) is 0.566. The Labute approximate surface area is 92.6 Å². The van der Waals surface area contributed by atoms with Crippen molar-refractivity contribution in [1.29, 1.82) is 0 Å². The highest BCUT2D eigenvalue weighted by atomic mass is 35.7. The molecule has 0 N–H and O–H groups in total. The minimum atomic E-state index is -3.84. The molecule has 1 heterocycles. The molecule has 0 amide bonds. The van der Waals surface area contributed by atoms with Crippen LogP contribution in [-0.4, -0.2) is 36.4 Å². The highest BCUT2D eigenvalue weighted by Gasteiger charge is 2.20. The molecule has 6 nitrogen and oxygen atoms in total. The minimum absolute atomic E-state index is 0.235. The molecule has 0 saturated carbocycles. The average Bonchev–Trinajstić information content (AvgIpc) is 2.48. The first kappa shape index (κ1) is 12.4. The van der Waals surface area contributed by atoms with Gasteiger partial charge in [0.25, 0.3) is 14.2 Å². The normalized spacial score (nSPS) is 11.9. The van der Waals surface area contributed by atoms with Gasteiger partial charge in [-0.05, 0) is 13.8 Å². The van der Waals surface area contributed by atoms with Crippen molar-refractivity contribution in [2.45, 2.75) is 25.5 Å². The first-order valence-corrected chi connectivity index (χ1v) is 6.70. The van der Waals surface area contributed by atoms with E-state index in [4.69, 9.17) is 15.4 Å². The van der Waals surface area contributed by atoms with Gasteiger partial charge in [-0.15, -0.1) is 10.2 Å². The molecule has 1 rings (SSSR count). The largest absolute Gasteiger partial charge is 0.380 e. The summed E-state index contributed by atoms with van der Waals surface area (Å²) in [7, 11) is 1.35. The van der Waals surface area contributed by atoms with E-state index in [-0.39, 0.29) is 5.16 Å². The van der Waals surface area contributed by atoms with Crippen LogP contribution in [0.2, 0.25) is 0 Å². The van der Waals surface area contributed by atoms with E-state index in [1.807, 2.05) is 6.92 Å². The number of aromatic nitrogens is 3. The zero-order chi connectivity index (χ0) is 11.5. The summed E-state index contributed by atoms with van der Waals surface area (Å²) in [5, 5.41) is 6.92. The maximum absolute atomic E-state index is 11.1. The van der Waals surface area contributed by atoms with Crippen molar-refractivity contribution in [2.75, 3.05) is 13.2 Å². The number of hydrogen-bond acceptors (Lipinski definition) is 5. The van der Waals surface area contributed by atoms with Gasteiger partial charge >= 0.3 is 0 Å². The average molecular weight is 254 g/mol. The van der Waals surface area contributed by atoms with Gasteiger partial charge in [0.1, 0.15) is 5.82 Å². The van der Waals surface area contributed by atoms with E-state index in [0.29, 0.717) is 25.6 Å². The van der Waals surface area contributed by atoms with Gasteiger partial charge in [-0.3, -0.25) is 4.57 Å². The molecular formula is C7H12ClN3O3S. The van der Waals surface area contributed by atoms with Crippen LogP contribution in [0.3, 0.4) is 0 Å². The van der Waals surface area contributed by atoms with Crippen molar-refractivity contribution in [3.8, 4) is 0 Å². The molecule has 0 spiro atoms. The lowest BCUT2D eigenvalue weighted by molar-refractivity contribution is 0.136. The first-order chi connectivity index (χ1) is 6.96. The molecule has 0 fully saturated rings. The van der Waals surface area contributed by atoms with Gasteiger partial charge in [-0.25, -0.2) is 8.42 Å². The maximum atomic E-state index is 11.1. The number of hydrogen-bond donors (Lipinski definition) is 0. The zero-order valence-corrected chi connectivity index (χ0v) is 10.0. The summed E-state index contributed by atoms with van der Waals surface area (Å²) in [6.45, 7) is 4.86. The van der Waals surface area contributed by atoms with Gasteiger partial charge in [0, 0.05) is 23.8 Å². The Morgan fingerprint density at radius 1 is 1.47 bits per heavy atom. The topological polar surface area (TPSA) is 74.1 Å². The fraction of sp³-hybridized carbons (Fsp3) is 0.714. The number of halogens is 1. The molecule has 0 radical (unpaired) electrons. The molecule has 0 aromatic carbocycles. The van der Waals surface area contributed by atoms with E-state index >= 15 is 0 Å². The van der Waals surface area contributed by atoms with Crippen LogP contribution in [0.25, 0.3) is 0 Å². The summed E-state index contributed by atoms with van der Waals surface area (Å²) in [4.78, 5) is 0. The third kappa shape index (κ3) is 3.15. The van der Waals surface area contributed by atoms with Gasteiger partial charge in [-0.1, -0.05) is 0 Å². The third-order valence-electron chi connectivity index (χ3n) is 1.78. The SMILES string of the molecule is CCOCCn1c(C)nnc1S(=O)(=O)Cl. The standard InChI is InChI=1S/C7H12ClN3O3S/c1-3-14-5-4-11-6(2)9-10-7(11)15(8,12)13/h3-5H2,1-2H3. The van der Waals surface area contributed by atoms with Gasteiger partial charge in [0.05, 0.1) is 6.61 Å². The molecule has 0 bridgehead atoms. The molecule has 1 aromatic rings. The number of nitrogens with zero attached hydrogens (tertiary/aromatic N) is 3. The molecular weight excluding hydrogens is 242 g/mol. The lowest BCUT2D eigenvalue weighted by Crippen LogP contribution is -2.12. The van der Waals surface area contributed by atoms with Gasteiger partial charge < -0.3 is 4.74 Å². The molecule has 1 aromatic heterocycles. The van der Waals surface area contributed by atoms with Gasteiger partial charge in [0.15, 0.2) is 0 Å². The number of ether oxygens (including phenoxy) is 1. The molecule has 0 atom stereocenters. The molecule has 0 saturated heterocycles. The second-order valence-corrected chi connectivity index (χ2v) is 5.28. The highest BCUT2D eigenvalue weighted by molar-refractivity contribution is 8.13. The van der Waals surface area contributed by atoms with Crippen molar-refractivity contribution in [3.05, 3.63) is 5.82 Å². The second kappa shape index (κ2) is 4.91. The van der Waals surface area contributed by atoms with Crippen LogP contribution in [0.4, 0.5) is 0 Å². The van der Waals surface area contributed by atoms with Crippen LogP contribution < -0.4 is 0 Å². The van der Waals surface area contributed by atoms with Crippen molar-refractivity contribution < 1.29 is 13.2 Å². The third-order valence-corrected chi connectivity index (χ3v) is 2.94. The summed E-state index contributed by atoms with van der Waals surface area (Å²) < 4.78 is 28.7. The lowest BCUT2D eigenvalue weighted by Gasteiger charge is -2.06. The zero-order valence-electron chi connectivity index (χ0n) is 8.47. The minimum Gasteiger partial charge on any atom is -0.380 e. The Morgan fingerprint density at radius 3 is 2.67 bits per heavy atom. The predicted octanol–water partition coefficient (Wildman–Crippen LogP) is 0.551. The molecule has 86 valence electrons. The molecule has 0 aliphatic rings. The smallest absolute Gasteiger partial charge is 0.296 e. The summed E-state index contributed by atoms with van der Waals surface area (Å²) >= 11 is 0. The van der Waals surface area contributed by atoms with Crippen molar-refractivity contribution >= 4 is 19.7 Å². The monoisotopic (exact) mass is 253 g/mol. The number of rotatable bonds is 5. The van der Waals surface area contributed by atoms with Crippen LogP contribution in [0.15, 0.2) is 5.16 Å². The Bertz CT molecular complexity index is 429. The molecule has 8 heteroatoms. The molecule has 15 heavy (non-hydrogen) atoms. The Balaban J connectivity index is 2.90. The molecule has 0 unspecified atom stereocenters. The van der Waals surface area contributed by atoms with E-state index < -0.39 is 9.05 Å². The predicted molar refractivity (Wildman–Crippen MR) is 54.3 cm³/mol. The van der Waals surface area contributed by atoms with Crippen LogP contribution >= 0.6 is 10.7 Å². The highest BCUT2D eigenvalue weighted by Crippen LogP contribution is 2.13. The van der Waals surface area contributed by atoms with Crippen molar-refractivity contribution in [3.63, 3.8) is 0 Å². The van der Waals surface area contributed by atoms with Gasteiger partial charge in [-0.2, -0.15) is 0 Å². The summed E-state index contributed by atoms with van der Waals surface area (Å²) in [6.07, 6.45) is 0. The van der Waals surface area contributed by atoms with Crippen LogP contribution in [0, 0.1) is 6.92 Å². The van der Waals surface area contributed by atoms with Crippen LogP contribution in [0.5, 0.6) is 0 Å². The Kier molecular flexibility index (Phi) is 4.06. The first-order valence-electron chi connectivity index (χ1n) is 4.39. The Morgan fingerprint density at radius 2 is 2.13 bits per heavy atom. The molecule has 0 aliphatic heterocycles. The summed E-state index contributed by atoms with van der Waals surface area (Å²) in [5.74, 6) is 0.494. The fourth-order valence-electron chi connectivity index (χ4n) is 1.10. The lowest BCUT2D eigenvalue weighted by atomic mass is 10.6. The van der Waals surface area contributed by atoms with E-state index in [0.717, 1.165) is 0 Å². The fourth-order valence-corrected chi connectivity index (χ4v) is 2.07. The maximum Gasteiger partial charge on any atom is 0.296 e. The number of aryl methyl sites for hydroxylation is 1.